The average Bonchev–Trinajstić information content (AvgIpc) is 2.64. The number of nitrogens with two attached hydrogens (primary N) is 1. The summed E-state index contributed by atoms with van der Waals surface area (Å²) in [7, 11) is 0. The molecule has 1 nitrogen and oxygen atoms in total. The van der Waals surface area contributed by atoms with Crippen molar-refractivity contribution >= 4 is 22.9 Å². The molecule has 17 heavy (non-hydrogen) atoms. The van der Waals surface area contributed by atoms with E-state index < -0.39 is 17.6 Å². The van der Waals surface area contributed by atoms with Crippen LogP contribution in [0.15, 0.2) is 11.4 Å². The van der Waals surface area contributed by atoms with Crippen LogP contribution in [0.25, 0.3) is 0 Å². The summed E-state index contributed by atoms with van der Waals surface area (Å²) >= 11 is 7.42. The van der Waals surface area contributed by atoms with E-state index in [0.29, 0.717) is 17.9 Å². The average molecular weight is 284 g/mol. The molecule has 1 aliphatic rings. The van der Waals surface area contributed by atoms with Crippen molar-refractivity contribution in [1.29, 1.82) is 0 Å². The Morgan fingerprint density at radius 1 is 1.35 bits per heavy atom. The lowest BCUT2D eigenvalue weighted by molar-refractivity contribution is -0.184. The predicted octanol–water partition coefficient (Wildman–Crippen LogP) is 4.31. The molecule has 2 rings (SSSR count). The summed E-state index contributed by atoms with van der Waals surface area (Å²) in [5, 5.41) is 2.39. The van der Waals surface area contributed by atoms with Crippen molar-refractivity contribution < 1.29 is 13.2 Å². The third-order valence-electron chi connectivity index (χ3n) is 3.41. The van der Waals surface area contributed by atoms with Gasteiger partial charge in [0.1, 0.15) is 0 Å². The number of hydrogen-bond donors (Lipinski definition) is 1. The first-order valence-corrected chi connectivity index (χ1v) is 6.68. The molecule has 0 saturated heterocycles. The maximum Gasteiger partial charge on any atom is 0.391 e. The van der Waals surface area contributed by atoms with Crippen LogP contribution in [0.5, 0.6) is 0 Å². The molecule has 1 saturated carbocycles. The molecule has 0 amide bonds. The van der Waals surface area contributed by atoms with Gasteiger partial charge in [-0.1, -0.05) is 11.6 Å². The number of hydrogen-bond acceptors (Lipinski definition) is 2. The van der Waals surface area contributed by atoms with Crippen LogP contribution in [0.1, 0.15) is 30.6 Å². The Bertz CT molecular complexity index is 394. The number of alkyl halides is 3. The van der Waals surface area contributed by atoms with E-state index in [9.17, 15) is 13.2 Å². The van der Waals surface area contributed by atoms with Gasteiger partial charge in [0.15, 0.2) is 0 Å². The van der Waals surface area contributed by atoms with Gasteiger partial charge >= 0.3 is 6.18 Å². The van der Waals surface area contributed by atoms with E-state index in [1.807, 2.05) is 5.38 Å². The molecule has 6 heteroatoms. The van der Waals surface area contributed by atoms with Crippen molar-refractivity contribution in [1.82, 2.24) is 0 Å². The van der Waals surface area contributed by atoms with Gasteiger partial charge in [-0.3, -0.25) is 0 Å². The van der Waals surface area contributed by atoms with Gasteiger partial charge < -0.3 is 5.73 Å². The van der Waals surface area contributed by atoms with Crippen LogP contribution in [-0.4, -0.2) is 6.18 Å². The van der Waals surface area contributed by atoms with Gasteiger partial charge in [-0.25, -0.2) is 0 Å². The topological polar surface area (TPSA) is 26.0 Å². The Labute approximate surface area is 107 Å². The monoisotopic (exact) mass is 283 g/mol. The molecular weight excluding hydrogens is 271 g/mol. The van der Waals surface area contributed by atoms with Crippen LogP contribution >= 0.6 is 22.9 Å². The summed E-state index contributed by atoms with van der Waals surface area (Å²) in [4.78, 5) is 0.819. The molecule has 0 aromatic carbocycles. The SMILES string of the molecule is NC1(c2sccc2Cl)CCC(C(F)(F)F)CC1. The maximum atomic E-state index is 12.6. The highest BCUT2D eigenvalue weighted by Crippen LogP contribution is 2.46. The molecule has 0 aliphatic heterocycles. The van der Waals surface area contributed by atoms with Crippen molar-refractivity contribution in [3.8, 4) is 0 Å². The Morgan fingerprint density at radius 2 is 1.94 bits per heavy atom. The summed E-state index contributed by atoms with van der Waals surface area (Å²) in [6, 6.07) is 1.74. The van der Waals surface area contributed by atoms with Gasteiger partial charge in [-0.2, -0.15) is 13.2 Å². The molecule has 1 aliphatic carbocycles. The van der Waals surface area contributed by atoms with E-state index in [4.69, 9.17) is 17.3 Å². The van der Waals surface area contributed by atoms with Crippen molar-refractivity contribution in [2.24, 2.45) is 11.7 Å². The molecule has 0 unspecified atom stereocenters. The normalized spacial score (nSPS) is 30.5. The fraction of sp³-hybridized carbons (Fsp3) is 0.636. The zero-order chi connectivity index (χ0) is 12.7. The van der Waals surface area contributed by atoms with Gasteiger partial charge in [0.25, 0.3) is 0 Å². The highest BCUT2D eigenvalue weighted by molar-refractivity contribution is 7.10. The highest BCUT2D eigenvalue weighted by Gasteiger charge is 2.45. The predicted molar refractivity (Wildman–Crippen MR) is 63.2 cm³/mol. The first-order chi connectivity index (χ1) is 7.83. The molecule has 0 atom stereocenters. The molecule has 96 valence electrons. The zero-order valence-electron chi connectivity index (χ0n) is 9.06. The van der Waals surface area contributed by atoms with Crippen molar-refractivity contribution in [2.75, 3.05) is 0 Å². The lowest BCUT2D eigenvalue weighted by Gasteiger charge is -2.37. The molecular formula is C11H13ClF3NS. The smallest absolute Gasteiger partial charge is 0.321 e. The molecule has 0 bridgehead atoms. The second-order valence-electron chi connectivity index (χ2n) is 4.57. The molecule has 1 aromatic rings. The van der Waals surface area contributed by atoms with E-state index in [-0.39, 0.29) is 12.8 Å². The molecule has 1 aromatic heterocycles. The fourth-order valence-corrected chi connectivity index (χ4v) is 3.76. The third-order valence-corrected chi connectivity index (χ3v) is 4.97. The van der Waals surface area contributed by atoms with Crippen LogP contribution < -0.4 is 5.73 Å². The lowest BCUT2D eigenvalue weighted by Crippen LogP contribution is -2.42. The number of rotatable bonds is 1. The second kappa shape index (κ2) is 4.44. The second-order valence-corrected chi connectivity index (χ2v) is 5.89. The van der Waals surface area contributed by atoms with Crippen LogP contribution in [-0.2, 0) is 5.54 Å². The van der Waals surface area contributed by atoms with Crippen molar-refractivity contribution in [3.63, 3.8) is 0 Å². The summed E-state index contributed by atoms with van der Waals surface area (Å²) in [5.74, 6) is -1.21. The van der Waals surface area contributed by atoms with Gasteiger partial charge in [-0.05, 0) is 37.1 Å². The number of thiophene rings is 1. The summed E-state index contributed by atoms with van der Waals surface area (Å²) < 4.78 is 37.7. The van der Waals surface area contributed by atoms with E-state index in [1.54, 1.807) is 6.07 Å². The Hall–Kier alpha value is -0.260. The largest absolute Gasteiger partial charge is 0.391 e. The van der Waals surface area contributed by atoms with Gasteiger partial charge in [0.05, 0.1) is 16.5 Å². The van der Waals surface area contributed by atoms with E-state index in [1.165, 1.54) is 11.3 Å². The third kappa shape index (κ3) is 2.61. The van der Waals surface area contributed by atoms with Gasteiger partial charge in [0, 0.05) is 4.88 Å². The van der Waals surface area contributed by atoms with Crippen LogP contribution in [0, 0.1) is 5.92 Å². The van der Waals surface area contributed by atoms with Gasteiger partial charge in [-0.15, -0.1) is 11.3 Å². The summed E-state index contributed by atoms with van der Waals surface area (Å²) in [6.45, 7) is 0. The molecule has 2 N–H and O–H groups in total. The number of halogens is 4. The van der Waals surface area contributed by atoms with E-state index in [0.717, 1.165) is 4.88 Å². The Balaban J connectivity index is 2.11. The minimum absolute atomic E-state index is 0.0915. The van der Waals surface area contributed by atoms with Gasteiger partial charge in [0.2, 0.25) is 0 Å². The standard InChI is InChI=1S/C11H13ClF3NS/c12-8-3-6-17-9(8)10(16)4-1-7(2-5-10)11(13,14)15/h3,6-7H,1-2,4-5,16H2. The molecule has 1 heterocycles. The first kappa shape index (κ1) is 13.2. The van der Waals surface area contributed by atoms with Crippen LogP contribution in [0.2, 0.25) is 5.02 Å². The quantitative estimate of drug-likeness (QED) is 0.817. The Morgan fingerprint density at radius 3 is 2.35 bits per heavy atom. The fourth-order valence-electron chi connectivity index (χ4n) is 2.34. The zero-order valence-corrected chi connectivity index (χ0v) is 10.6. The Kier molecular flexibility index (Phi) is 3.45. The highest BCUT2D eigenvalue weighted by atomic mass is 35.5. The maximum absolute atomic E-state index is 12.6. The first-order valence-electron chi connectivity index (χ1n) is 5.42. The minimum atomic E-state index is -4.10. The summed E-state index contributed by atoms with van der Waals surface area (Å²) in [5.41, 5.74) is 5.52. The lowest BCUT2D eigenvalue weighted by atomic mass is 9.76. The van der Waals surface area contributed by atoms with E-state index in [2.05, 4.69) is 0 Å². The molecule has 1 fully saturated rings. The van der Waals surface area contributed by atoms with Crippen molar-refractivity contribution in [2.45, 2.75) is 37.4 Å². The molecule has 0 radical (unpaired) electrons. The minimum Gasteiger partial charge on any atom is -0.321 e. The van der Waals surface area contributed by atoms with E-state index >= 15 is 0 Å². The van der Waals surface area contributed by atoms with Crippen LogP contribution in [0.3, 0.4) is 0 Å². The van der Waals surface area contributed by atoms with Crippen molar-refractivity contribution in [3.05, 3.63) is 21.3 Å². The van der Waals surface area contributed by atoms with Crippen LogP contribution in [0.4, 0.5) is 13.2 Å². The molecule has 0 spiro atoms. The summed E-state index contributed by atoms with van der Waals surface area (Å²) in [6.07, 6.45) is -3.22.